The lowest BCUT2D eigenvalue weighted by Gasteiger charge is -2.36. The lowest BCUT2D eigenvalue weighted by Crippen LogP contribution is -2.46. The van der Waals surface area contributed by atoms with E-state index in [-0.39, 0.29) is 22.9 Å². The first kappa shape index (κ1) is 27.0. The zero-order valence-electron chi connectivity index (χ0n) is 22.1. The number of carbonyl (C=O) groups excluding carboxylic acids is 1. The first-order valence-corrected chi connectivity index (χ1v) is 13.9. The molecule has 1 aliphatic carbocycles. The van der Waals surface area contributed by atoms with Crippen molar-refractivity contribution in [3.63, 3.8) is 0 Å². The summed E-state index contributed by atoms with van der Waals surface area (Å²) in [5.74, 6) is -2.03. The molecule has 1 aliphatic heterocycles. The number of benzene rings is 3. The van der Waals surface area contributed by atoms with E-state index in [0.29, 0.717) is 60.2 Å². The van der Waals surface area contributed by atoms with Crippen molar-refractivity contribution in [3.8, 4) is 0 Å². The van der Waals surface area contributed by atoms with Gasteiger partial charge in [-0.25, -0.2) is 9.18 Å². The van der Waals surface area contributed by atoms with E-state index >= 15 is 4.39 Å². The molecule has 8 nitrogen and oxygen atoms in total. The number of anilines is 2. The van der Waals surface area contributed by atoms with Gasteiger partial charge in [0.2, 0.25) is 5.43 Å². The molecule has 0 bridgehead atoms. The summed E-state index contributed by atoms with van der Waals surface area (Å²) in [6.45, 7) is 3.33. The Hall–Kier alpha value is -4.21. The molecule has 210 valence electrons. The van der Waals surface area contributed by atoms with E-state index in [1.807, 2.05) is 21.6 Å². The third-order valence-electron chi connectivity index (χ3n) is 7.71. The van der Waals surface area contributed by atoms with E-state index in [4.69, 9.17) is 11.6 Å². The van der Waals surface area contributed by atoms with Crippen molar-refractivity contribution in [3.05, 3.63) is 105 Å². The number of nitrogens with zero attached hydrogens (tertiary/aromatic N) is 3. The van der Waals surface area contributed by atoms with Gasteiger partial charge in [-0.1, -0.05) is 23.7 Å². The van der Waals surface area contributed by atoms with Crippen LogP contribution in [0.1, 0.15) is 45.2 Å². The molecule has 0 spiro atoms. The number of pyridine rings is 1. The molecule has 4 aromatic rings. The van der Waals surface area contributed by atoms with E-state index in [1.165, 1.54) is 12.3 Å². The standard InChI is InChI=1S/C31H28ClFN4O4/c32-21-5-7-22(8-6-21)34-30(39)20-3-1-19(2-4-20)17-35-11-13-36(14-12-35)28-16-27-24(15-26(28)33)29(38)25(31(40)41)18-37(27)23-9-10-23/h1-8,15-16,18,23H,9-14,17H2,(H,34,39)(H,40,41). The van der Waals surface area contributed by atoms with Crippen LogP contribution < -0.4 is 15.6 Å². The normalized spacial score (nSPS) is 15.7. The minimum Gasteiger partial charge on any atom is -0.477 e. The van der Waals surface area contributed by atoms with Crippen molar-refractivity contribution in [2.24, 2.45) is 0 Å². The van der Waals surface area contributed by atoms with Crippen LogP contribution in [0.2, 0.25) is 5.02 Å². The Balaban J connectivity index is 1.12. The van der Waals surface area contributed by atoms with Crippen LogP contribution >= 0.6 is 11.6 Å². The van der Waals surface area contributed by atoms with Gasteiger partial charge in [0.05, 0.1) is 11.2 Å². The first-order valence-electron chi connectivity index (χ1n) is 13.5. The van der Waals surface area contributed by atoms with Crippen LogP contribution in [0.5, 0.6) is 0 Å². The number of halogens is 2. The fourth-order valence-corrected chi connectivity index (χ4v) is 5.44. The van der Waals surface area contributed by atoms with Crippen molar-refractivity contribution in [2.75, 3.05) is 36.4 Å². The van der Waals surface area contributed by atoms with Gasteiger partial charge in [0, 0.05) is 66.6 Å². The lowest BCUT2D eigenvalue weighted by atomic mass is 10.1. The summed E-state index contributed by atoms with van der Waals surface area (Å²) in [7, 11) is 0. The van der Waals surface area contributed by atoms with Crippen LogP contribution in [-0.4, -0.2) is 52.6 Å². The Morgan fingerprint density at radius 1 is 0.976 bits per heavy atom. The molecule has 1 amide bonds. The molecule has 3 aromatic carbocycles. The lowest BCUT2D eigenvalue weighted by molar-refractivity contribution is 0.0694. The van der Waals surface area contributed by atoms with Gasteiger partial charge in [0.25, 0.3) is 5.91 Å². The van der Waals surface area contributed by atoms with Crippen LogP contribution in [0.4, 0.5) is 15.8 Å². The number of rotatable bonds is 7. The maximum Gasteiger partial charge on any atom is 0.341 e. The molecular weight excluding hydrogens is 547 g/mol. The first-order chi connectivity index (χ1) is 19.8. The van der Waals surface area contributed by atoms with Gasteiger partial charge in [-0.2, -0.15) is 0 Å². The van der Waals surface area contributed by atoms with Crippen LogP contribution in [0.25, 0.3) is 10.9 Å². The Labute approximate surface area is 240 Å². The largest absolute Gasteiger partial charge is 0.477 e. The minimum absolute atomic E-state index is 0.0991. The molecule has 2 N–H and O–H groups in total. The number of fused-ring (bicyclic) bond motifs is 1. The topological polar surface area (TPSA) is 94.9 Å². The summed E-state index contributed by atoms with van der Waals surface area (Å²) in [6.07, 6.45) is 3.20. The summed E-state index contributed by atoms with van der Waals surface area (Å²) >= 11 is 5.90. The highest BCUT2D eigenvalue weighted by atomic mass is 35.5. The highest BCUT2D eigenvalue weighted by Gasteiger charge is 2.28. The average Bonchev–Trinajstić information content (AvgIpc) is 3.81. The number of carboxylic acid groups (broad SMARTS) is 1. The second-order valence-corrected chi connectivity index (χ2v) is 11.0. The van der Waals surface area contributed by atoms with E-state index in [2.05, 4.69) is 10.2 Å². The predicted molar refractivity (Wildman–Crippen MR) is 157 cm³/mol. The summed E-state index contributed by atoms with van der Waals surface area (Å²) in [6, 6.07) is 17.4. The Morgan fingerprint density at radius 2 is 1.66 bits per heavy atom. The highest BCUT2D eigenvalue weighted by Crippen LogP contribution is 2.38. The van der Waals surface area contributed by atoms with Gasteiger partial charge >= 0.3 is 5.97 Å². The average molecular weight is 575 g/mol. The molecule has 1 aromatic heterocycles. The summed E-state index contributed by atoms with van der Waals surface area (Å²) in [5, 5.41) is 13.0. The van der Waals surface area contributed by atoms with Gasteiger partial charge in [0.1, 0.15) is 11.4 Å². The third kappa shape index (κ3) is 5.68. The van der Waals surface area contributed by atoms with Crippen molar-refractivity contribution < 1.29 is 19.1 Å². The maximum atomic E-state index is 15.3. The molecule has 6 rings (SSSR count). The number of amides is 1. The number of hydrogen-bond donors (Lipinski definition) is 2. The highest BCUT2D eigenvalue weighted by molar-refractivity contribution is 6.30. The number of nitrogens with one attached hydrogen (secondary N) is 1. The number of carbonyl (C=O) groups is 2. The fraction of sp³-hybridized carbons (Fsp3) is 0.258. The predicted octanol–water partition coefficient (Wildman–Crippen LogP) is 5.40. The molecule has 2 aliphatic rings. The molecule has 0 atom stereocenters. The zero-order valence-corrected chi connectivity index (χ0v) is 22.9. The van der Waals surface area contributed by atoms with Crippen molar-refractivity contribution >= 4 is 45.8 Å². The van der Waals surface area contributed by atoms with Gasteiger partial charge in [0.15, 0.2) is 0 Å². The molecule has 1 saturated heterocycles. The third-order valence-corrected chi connectivity index (χ3v) is 7.96. The Kier molecular flexibility index (Phi) is 7.23. The van der Waals surface area contributed by atoms with E-state index in [0.717, 1.165) is 18.4 Å². The smallest absolute Gasteiger partial charge is 0.341 e. The van der Waals surface area contributed by atoms with Gasteiger partial charge < -0.3 is 19.9 Å². The molecule has 2 heterocycles. The van der Waals surface area contributed by atoms with Crippen LogP contribution in [0, 0.1) is 5.82 Å². The summed E-state index contributed by atoms with van der Waals surface area (Å²) < 4.78 is 17.1. The maximum absolute atomic E-state index is 15.3. The molecule has 0 radical (unpaired) electrons. The second-order valence-electron chi connectivity index (χ2n) is 10.6. The SMILES string of the molecule is O=C(Nc1ccc(Cl)cc1)c1ccc(CN2CCN(c3cc4c(cc3F)c(=O)c(C(=O)O)cn4C3CC3)CC2)cc1. The molecule has 1 saturated carbocycles. The van der Waals surface area contributed by atoms with E-state index < -0.39 is 17.2 Å². The summed E-state index contributed by atoms with van der Waals surface area (Å²) in [5.41, 5.74) is 2.30. The second kappa shape index (κ2) is 11.0. The number of aromatic carboxylic acids is 1. The van der Waals surface area contributed by atoms with E-state index in [1.54, 1.807) is 42.5 Å². The van der Waals surface area contributed by atoms with Crippen molar-refractivity contribution in [2.45, 2.75) is 25.4 Å². The van der Waals surface area contributed by atoms with Crippen LogP contribution in [-0.2, 0) is 6.54 Å². The van der Waals surface area contributed by atoms with Crippen molar-refractivity contribution in [1.82, 2.24) is 9.47 Å². The Bertz CT molecular complexity index is 1690. The van der Waals surface area contributed by atoms with Crippen molar-refractivity contribution in [1.29, 1.82) is 0 Å². The molecule has 41 heavy (non-hydrogen) atoms. The molecule has 2 fully saturated rings. The van der Waals surface area contributed by atoms with Gasteiger partial charge in [-0.05, 0) is 66.9 Å². The number of aromatic nitrogens is 1. The van der Waals surface area contributed by atoms with Crippen LogP contribution in [0.3, 0.4) is 0 Å². The van der Waals surface area contributed by atoms with Crippen LogP contribution in [0.15, 0.2) is 71.7 Å². The number of hydrogen-bond acceptors (Lipinski definition) is 5. The number of carboxylic acids is 1. The van der Waals surface area contributed by atoms with E-state index in [9.17, 15) is 19.5 Å². The Morgan fingerprint density at radius 3 is 2.29 bits per heavy atom. The molecule has 0 unspecified atom stereocenters. The van der Waals surface area contributed by atoms with Gasteiger partial charge in [-0.15, -0.1) is 0 Å². The molecule has 10 heteroatoms. The molecular formula is C31H28ClFN4O4. The quantitative estimate of drug-likeness (QED) is 0.307. The van der Waals surface area contributed by atoms with Gasteiger partial charge in [-0.3, -0.25) is 14.5 Å². The minimum atomic E-state index is -1.30. The zero-order chi connectivity index (χ0) is 28.7. The number of piperazine rings is 1. The fourth-order valence-electron chi connectivity index (χ4n) is 5.31. The summed E-state index contributed by atoms with van der Waals surface area (Å²) in [4.78, 5) is 41.2. The monoisotopic (exact) mass is 574 g/mol.